The van der Waals surface area contributed by atoms with Gasteiger partial charge in [-0.3, -0.25) is 0 Å². The van der Waals surface area contributed by atoms with Crippen LogP contribution < -0.4 is 10.6 Å². The van der Waals surface area contributed by atoms with E-state index in [0.717, 1.165) is 27.3 Å². The van der Waals surface area contributed by atoms with Gasteiger partial charge in [0, 0.05) is 10.6 Å². The minimum Gasteiger partial charge on any atom is -0.314 e. The van der Waals surface area contributed by atoms with E-state index in [1.165, 1.54) is 16.7 Å². The normalized spacial score (nSPS) is 17.4. The lowest BCUT2D eigenvalue weighted by atomic mass is 9.93. The van der Waals surface area contributed by atoms with Gasteiger partial charge in [-0.25, -0.2) is 0 Å². The lowest BCUT2D eigenvalue weighted by Gasteiger charge is -2.13. The van der Waals surface area contributed by atoms with Gasteiger partial charge in [0.2, 0.25) is 0 Å². The molecule has 0 spiro atoms. The van der Waals surface area contributed by atoms with Crippen molar-refractivity contribution in [2.75, 3.05) is 6.66 Å². The maximum absolute atomic E-state index is 13.6. The second kappa shape index (κ2) is 6.08. The minimum atomic E-state index is -2.56. The van der Waals surface area contributed by atoms with Gasteiger partial charge in [-0.2, -0.15) is 0 Å². The molecule has 4 aromatic carbocycles. The standard InChI is InChI=1S/C25H19OP/c1-27(26)24-14-8-7-13-22(24)23-16-15-19(17-25(23)27)21-12-6-5-11-20(21)18-9-3-2-4-10-18/h2-17H,1H3. The first-order valence-electron chi connectivity index (χ1n) is 9.13. The highest BCUT2D eigenvalue weighted by atomic mass is 31.2. The van der Waals surface area contributed by atoms with Gasteiger partial charge in [-0.1, -0.05) is 91.0 Å². The Bertz CT molecular complexity index is 1210. The third-order valence-corrected chi connectivity index (χ3v) is 8.03. The highest BCUT2D eigenvalue weighted by molar-refractivity contribution is 7.79. The Morgan fingerprint density at radius 2 is 1.07 bits per heavy atom. The van der Waals surface area contributed by atoms with E-state index in [1.54, 1.807) is 0 Å². The number of hydrogen-bond acceptors (Lipinski definition) is 1. The number of fused-ring (bicyclic) bond motifs is 3. The average molecular weight is 366 g/mol. The van der Waals surface area contributed by atoms with Gasteiger partial charge in [0.05, 0.1) is 0 Å². The summed E-state index contributed by atoms with van der Waals surface area (Å²) >= 11 is 0. The van der Waals surface area contributed by atoms with Crippen molar-refractivity contribution in [2.24, 2.45) is 0 Å². The summed E-state index contributed by atoms with van der Waals surface area (Å²) in [5, 5.41) is 1.96. The van der Waals surface area contributed by atoms with Gasteiger partial charge < -0.3 is 4.57 Å². The molecular formula is C25H19OP. The first kappa shape index (κ1) is 16.3. The fraction of sp³-hybridized carbons (Fsp3) is 0.0400. The molecule has 0 fully saturated rings. The molecule has 4 aromatic rings. The van der Waals surface area contributed by atoms with Crippen molar-refractivity contribution in [3.63, 3.8) is 0 Å². The monoisotopic (exact) mass is 366 g/mol. The summed E-state index contributed by atoms with van der Waals surface area (Å²) in [5.41, 5.74) is 6.89. The summed E-state index contributed by atoms with van der Waals surface area (Å²) in [6.07, 6.45) is 0. The molecule has 0 amide bonds. The highest BCUT2D eigenvalue weighted by Gasteiger charge is 2.34. The Hall–Kier alpha value is -2.89. The van der Waals surface area contributed by atoms with E-state index in [2.05, 4.69) is 72.8 Å². The van der Waals surface area contributed by atoms with Gasteiger partial charge in [0.15, 0.2) is 0 Å². The third-order valence-electron chi connectivity index (χ3n) is 5.43. The van der Waals surface area contributed by atoms with Crippen LogP contribution in [-0.4, -0.2) is 6.66 Å². The molecule has 0 bridgehead atoms. The molecule has 1 aliphatic heterocycles. The van der Waals surface area contributed by atoms with Crippen molar-refractivity contribution in [3.8, 4) is 33.4 Å². The van der Waals surface area contributed by atoms with Crippen molar-refractivity contribution >= 4 is 17.8 Å². The Morgan fingerprint density at radius 1 is 0.519 bits per heavy atom. The van der Waals surface area contributed by atoms with E-state index in [1.807, 2.05) is 30.9 Å². The summed E-state index contributed by atoms with van der Waals surface area (Å²) in [6.45, 7) is 1.89. The number of rotatable bonds is 2. The maximum atomic E-state index is 13.6. The summed E-state index contributed by atoms with van der Waals surface area (Å²) in [6, 6.07) is 33.4. The van der Waals surface area contributed by atoms with Crippen LogP contribution in [-0.2, 0) is 4.57 Å². The van der Waals surface area contributed by atoms with Crippen molar-refractivity contribution in [2.45, 2.75) is 0 Å². The molecule has 0 aliphatic carbocycles. The van der Waals surface area contributed by atoms with Crippen LogP contribution in [0.25, 0.3) is 33.4 Å². The molecule has 1 nitrogen and oxygen atoms in total. The molecule has 2 heteroatoms. The highest BCUT2D eigenvalue weighted by Crippen LogP contribution is 2.50. The Balaban J connectivity index is 1.71. The van der Waals surface area contributed by atoms with Gasteiger partial charge in [0.1, 0.15) is 7.14 Å². The van der Waals surface area contributed by atoms with E-state index in [4.69, 9.17) is 0 Å². The molecule has 27 heavy (non-hydrogen) atoms. The second-order valence-electron chi connectivity index (χ2n) is 7.08. The molecule has 0 aromatic heterocycles. The molecule has 0 saturated heterocycles. The molecule has 1 heterocycles. The molecule has 0 saturated carbocycles. The summed E-state index contributed by atoms with van der Waals surface area (Å²) in [5.74, 6) is 0. The van der Waals surface area contributed by atoms with Crippen LogP contribution in [0.4, 0.5) is 0 Å². The topological polar surface area (TPSA) is 17.1 Å². The molecule has 1 atom stereocenters. The van der Waals surface area contributed by atoms with E-state index < -0.39 is 7.14 Å². The van der Waals surface area contributed by atoms with E-state index >= 15 is 0 Å². The van der Waals surface area contributed by atoms with Gasteiger partial charge in [-0.05, 0) is 46.1 Å². The van der Waals surface area contributed by atoms with Crippen LogP contribution in [0.1, 0.15) is 0 Å². The number of benzene rings is 4. The van der Waals surface area contributed by atoms with Crippen LogP contribution in [0.3, 0.4) is 0 Å². The summed E-state index contributed by atoms with van der Waals surface area (Å²) < 4.78 is 13.6. The largest absolute Gasteiger partial charge is 0.314 e. The van der Waals surface area contributed by atoms with Crippen LogP contribution >= 0.6 is 7.14 Å². The van der Waals surface area contributed by atoms with Crippen molar-refractivity contribution in [1.29, 1.82) is 0 Å². The minimum absolute atomic E-state index is 0.976. The first-order chi connectivity index (χ1) is 13.2. The van der Waals surface area contributed by atoms with Crippen LogP contribution in [0.2, 0.25) is 0 Å². The smallest absolute Gasteiger partial charge is 0.141 e. The maximum Gasteiger partial charge on any atom is 0.141 e. The van der Waals surface area contributed by atoms with Crippen LogP contribution in [0.15, 0.2) is 97.1 Å². The van der Waals surface area contributed by atoms with Crippen molar-refractivity contribution in [3.05, 3.63) is 97.1 Å². The molecule has 0 N–H and O–H groups in total. The predicted molar refractivity (Wildman–Crippen MR) is 116 cm³/mol. The van der Waals surface area contributed by atoms with Crippen molar-refractivity contribution < 1.29 is 4.57 Å². The summed E-state index contributed by atoms with van der Waals surface area (Å²) in [4.78, 5) is 0. The molecule has 1 unspecified atom stereocenters. The zero-order valence-electron chi connectivity index (χ0n) is 15.1. The first-order valence-corrected chi connectivity index (χ1v) is 11.3. The lowest BCUT2D eigenvalue weighted by Crippen LogP contribution is -2.08. The predicted octanol–water partition coefficient (Wildman–Crippen LogP) is 5.94. The molecule has 130 valence electrons. The van der Waals surface area contributed by atoms with E-state index in [9.17, 15) is 4.57 Å². The Kier molecular flexibility index (Phi) is 3.67. The average Bonchev–Trinajstić information content (AvgIpc) is 2.96. The van der Waals surface area contributed by atoms with Gasteiger partial charge in [-0.15, -0.1) is 0 Å². The van der Waals surface area contributed by atoms with Crippen LogP contribution in [0, 0.1) is 0 Å². The fourth-order valence-electron chi connectivity index (χ4n) is 4.09. The van der Waals surface area contributed by atoms with E-state index in [0.29, 0.717) is 0 Å². The molecule has 0 radical (unpaired) electrons. The fourth-order valence-corrected chi connectivity index (χ4v) is 6.41. The van der Waals surface area contributed by atoms with E-state index in [-0.39, 0.29) is 0 Å². The zero-order valence-corrected chi connectivity index (χ0v) is 16.0. The van der Waals surface area contributed by atoms with Gasteiger partial charge in [0.25, 0.3) is 0 Å². The Morgan fingerprint density at radius 3 is 1.81 bits per heavy atom. The zero-order chi connectivity index (χ0) is 18.4. The second-order valence-corrected chi connectivity index (χ2v) is 9.90. The third kappa shape index (κ3) is 2.51. The van der Waals surface area contributed by atoms with Crippen LogP contribution in [0.5, 0.6) is 0 Å². The van der Waals surface area contributed by atoms with Gasteiger partial charge >= 0.3 is 0 Å². The molecular weight excluding hydrogens is 347 g/mol. The quantitative estimate of drug-likeness (QED) is 0.401. The summed E-state index contributed by atoms with van der Waals surface area (Å²) in [7, 11) is -2.56. The SMILES string of the molecule is CP1(=O)c2ccccc2-c2ccc(-c3ccccc3-c3ccccc3)cc21. The van der Waals surface area contributed by atoms with Crippen molar-refractivity contribution in [1.82, 2.24) is 0 Å². The molecule has 5 rings (SSSR count). The lowest BCUT2D eigenvalue weighted by molar-refractivity contribution is 0.591. The number of hydrogen-bond donors (Lipinski definition) is 0. The molecule has 1 aliphatic rings. The Labute approximate surface area is 159 Å².